The Kier molecular flexibility index (Phi) is 1.06. The summed E-state index contributed by atoms with van der Waals surface area (Å²) < 4.78 is 14.3. The van der Waals surface area contributed by atoms with E-state index < -0.39 is 5.82 Å². The van der Waals surface area contributed by atoms with Gasteiger partial charge in [-0.15, -0.1) is 5.10 Å². The Balaban J connectivity index is 2.86. The highest BCUT2D eigenvalue weighted by Crippen LogP contribution is 2.06. The lowest BCUT2D eigenvalue weighted by Crippen LogP contribution is -2.19. The van der Waals surface area contributed by atoms with E-state index in [1.165, 1.54) is 23.0 Å². The van der Waals surface area contributed by atoms with Crippen LogP contribution >= 0.6 is 0 Å². The van der Waals surface area contributed by atoms with Crippen LogP contribution in [0, 0.1) is 5.82 Å². The maximum atomic E-state index is 12.7. The van der Waals surface area contributed by atoms with E-state index >= 15 is 0 Å². The minimum Gasteiger partial charge on any atom is -0.396 e. The molecule has 5 heteroatoms. The molecule has 2 heterocycles. The second-order valence-corrected chi connectivity index (χ2v) is 2.23. The van der Waals surface area contributed by atoms with Gasteiger partial charge in [0.05, 0.1) is 5.69 Å². The van der Waals surface area contributed by atoms with Crippen molar-refractivity contribution in [2.45, 2.75) is 0 Å². The summed E-state index contributed by atoms with van der Waals surface area (Å²) in [6.45, 7) is 0. The number of hydrogen-bond donors (Lipinski definition) is 2. The Morgan fingerprint density at radius 3 is 3.27 bits per heavy atom. The molecule has 0 amide bonds. The summed E-state index contributed by atoms with van der Waals surface area (Å²) in [4.78, 5) is 0. The van der Waals surface area contributed by atoms with E-state index in [0.29, 0.717) is 5.65 Å². The Hall–Kier alpha value is -1.65. The van der Waals surface area contributed by atoms with Crippen molar-refractivity contribution < 1.29 is 8.79 Å². The fraction of sp³-hybridized carbons (Fsp3) is 0. The fourth-order valence-corrected chi connectivity index (χ4v) is 0.900. The van der Waals surface area contributed by atoms with Crippen LogP contribution in [0.25, 0.3) is 5.65 Å². The number of H-pyrrole nitrogens is 1. The standard InChI is InChI=1S/C6H5FN4/c7-4-2-11-3-9-10-6(11)1-5(4)8/h1-3H,(H2,8,10)/p+1. The topological polar surface area (TPSA) is 58.8 Å². The summed E-state index contributed by atoms with van der Waals surface area (Å²) in [5.41, 5.74) is 6.10. The van der Waals surface area contributed by atoms with Crippen molar-refractivity contribution >= 4 is 11.3 Å². The van der Waals surface area contributed by atoms with Gasteiger partial charge in [-0.25, -0.2) is 8.79 Å². The van der Waals surface area contributed by atoms with Crippen LogP contribution in [0.2, 0.25) is 0 Å². The summed E-state index contributed by atoms with van der Waals surface area (Å²) in [7, 11) is 0. The van der Waals surface area contributed by atoms with E-state index in [-0.39, 0.29) is 5.69 Å². The second kappa shape index (κ2) is 1.91. The third-order valence-corrected chi connectivity index (χ3v) is 1.46. The minimum atomic E-state index is -0.441. The van der Waals surface area contributed by atoms with Gasteiger partial charge in [-0.05, 0) is 0 Å². The second-order valence-electron chi connectivity index (χ2n) is 2.23. The minimum absolute atomic E-state index is 0.120. The molecule has 2 aromatic rings. The van der Waals surface area contributed by atoms with E-state index in [1.54, 1.807) is 0 Å². The van der Waals surface area contributed by atoms with Crippen LogP contribution in [-0.4, -0.2) is 10.2 Å². The lowest BCUT2D eigenvalue weighted by Gasteiger charge is -1.91. The SMILES string of the molecule is Nc1cc2[nH]nc[n+]2cc1F. The zero-order chi connectivity index (χ0) is 7.84. The quantitative estimate of drug-likeness (QED) is 0.518. The first kappa shape index (κ1) is 6.09. The van der Waals surface area contributed by atoms with Crippen LogP contribution in [0.1, 0.15) is 0 Å². The number of aromatic amines is 1. The predicted octanol–water partition coefficient (Wildman–Crippen LogP) is -0.130. The third-order valence-electron chi connectivity index (χ3n) is 1.46. The molecule has 0 saturated heterocycles. The molecule has 0 aliphatic rings. The Bertz CT molecular complexity index is 358. The maximum Gasteiger partial charge on any atom is 0.269 e. The number of nitrogens with zero attached hydrogens (tertiary/aromatic N) is 2. The predicted molar refractivity (Wildman–Crippen MR) is 36.1 cm³/mol. The molecule has 0 unspecified atom stereocenters. The number of halogens is 1. The number of fused-ring (bicyclic) bond motifs is 1. The summed E-state index contributed by atoms with van der Waals surface area (Å²) >= 11 is 0. The summed E-state index contributed by atoms with van der Waals surface area (Å²) in [5, 5.41) is 6.35. The van der Waals surface area contributed by atoms with Crippen LogP contribution in [0.4, 0.5) is 10.1 Å². The first-order chi connectivity index (χ1) is 5.27. The zero-order valence-corrected chi connectivity index (χ0v) is 5.58. The van der Waals surface area contributed by atoms with Crippen LogP contribution < -0.4 is 10.1 Å². The van der Waals surface area contributed by atoms with Crippen molar-refractivity contribution in [1.82, 2.24) is 10.2 Å². The molecule has 0 radical (unpaired) electrons. The number of rotatable bonds is 0. The molecule has 4 nitrogen and oxygen atoms in total. The maximum absolute atomic E-state index is 12.7. The number of nitrogens with two attached hydrogens (primary N) is 1. The highest BCUT2D eigenvalue weighted by Gasteiger charge is 2.06. The van der Waals surface area contributed by atoms with Gasteiger partial charge in [0.15, 0.2) is 5.82 Å². The van der Waals surface area contributed by atoms with Crippen LogP contribution in [0.3, 0.4) is 0 Å². The van der Waals surface area contributed by atoms with Crippen LogP contribution in [-0.2, 0) is 0 Å². The molecule has 2 aromatic heterocycles. The van der Waals surface area contributed by atoms with Gasteiger partial charge < -0.3 is 5.73 Å². The molecule has 0 atom stereocenters. The van der Waals surface area contributed by atoms with Gasteiger partial charge in [-0.1, -0.05) is 0 Å². The Morgan fingerprint density at radius 2 is 2.45 bits per heavy atom. The van der Waals surface area contributed by atoms with Crippen LogP contribution in [0.15, 0.2) is 18.6 Å². The largest absolute Gasteiger partial charge is 0.396 e. The van der Waals surface area contributed by atoms with Gasteiger partial charge in [0, 0.05) is 11.2 Å². The van der Waals surface area contributed by atoms with E-state index in [1.807, 2.05) is 0 Å². The third kappa shape index (κ3) is 0.813. The van der Waals surface area contributed by atoms with Gasteiger partial charge in [0.2, 0.25) is 0 Å². The molecule has 11 heavy (non-hydrogen) atoms. The molecular formula is C6H6FN4+. The smallest absolute Gasteiger partial charge is 0.269 e. The summed E-state index contributed by atoms with van der Waals surface area (Å²) in [5.74, 6) is -0.441. The molecule has 56 valence electrons. The van der Waals surface area contributed by atoms with Gasteiger partial charge in [0.25, 0.3) is 12.0 Å². The van der Waals surface area contributed by atoms with E-state index in [0.717, 1.165) is 0 Å². The average molecular weight is 153 g/mol. The number of nitrogens with one attached hydrogen (secondary N) is 1. The number of pyridine rings is 1. The lowest BCUT2D eigenvalue weighted by atomic mass is 10.4. The normalized spacial score (nSPS) is 10.6. The number of hydrogen-bond acceptors (Lipinski definition) is 2. The molecule has 0 aromatic carbocycles. The molecule has 3 N–H and O–H groups in total. The van der Waals surface area contributed by atoms with Crippen molar-refractivity contribution in [3.05, 3.63) is 24.4 Å². The van der Waals surface area contributed by atoms with Gasteiger partial charge in [0.1, 0.15) is 6.20 Å². The first-order valence-electron chi connectivity index (χ1n) is 3.07. The number of anilines is 1. The summed E-state index contributed by atoms with van der Waals surface area (Å²) in [6.07, 6.45) is 2.74. The van der Waals surface area contributed by atoms with E-state index in [2.05, 4.69) is 10.2 Å². The van der Waals surface area contributed by atoms with Gasteiger partial charge >= 0.3 is 0 Å². The monoisotopic (exact) mass is 153 g/mol. The fourth-order valence-electron chi connectivity index (χ4n) is 0.900. The molecule has 0 bridgehead atoms. The van der Waals surface area contributed by atoms with Crippen molar-refractivity contribution in [2.75, 3.05) is 5.73 Å². The molecular weight excluding hydrogens is 147 g/mol. The van der Waals surface area contributed by atoms with Gasteiger partial charge in [-0.2, -0.15) is 0 Å². The number of aromatic nitrogens is 3. The van der Waals surface area contributed by atoms with E-state index in [4.69, 9.17) is 5.73 Å². The van der Waals surface area contributed by atoms with E-state index in [9.17, 15) is 4.39 Å². The van der Waals surface area contributed by atoms with Crippen molar-refractivity contribution in [2.24, 2.45) is 0 Å². The Morgan fingerprint density at radius 1 is 1.64 bits per heavy atom. The number of nitrogen functional groups attached to an aromatic ring is 1. The molecule has 0 aliphatic heterocycles. The lowest BCUT2D eigenvalue weighted by molar-refractivity contribution is -0.513. The molecule has 0 fully saturated rings. The van der Waals surface area contributed by atoms with Crippen molar-refractivity contribution in [3.63, 3.8) is 0 Å². The van der Waals surface area contributed by atoms with Crippen molar-refractivity contribution in [3.8, 4) is 0 Å². The van der Waals surface area contributed by atoms with Crippen molar-refractivity contribution in [1.29, 1.82) is 0 Å². The molecule has 0 saturated carbocycles. The molecule has 2 rings (SSSR count). The zero-order valence-electron chi connectivity index (χ0n) is 5.58. The van der Waals surface area contributed by atoms with Gasteiger partial charge in [-0.3, -0.25) is 0 Å². The highest BCUT2D eigenvalue weighted by molar-refractivity contribution is 5.46. The molecule has 0 spiro atoms. The Labute approximate surface area is 61.5 Å². The highest BCUT2D eigenvalue weighted by atomic mass is 19.1. The molecule has 0 aliphatic carbocycles. The average Bonchev–Trinajstić information content (AvgIpc) is 2.36. The van der Waals surface area contributed by atoms with Crippen LogP contribution in [0.5, 0.6) is 0 Å². The first-order valence-corrected chi connectivity index (χ1v) is 3.07. The summed E-state index contributed by atoms with van der Waals surface area (Å²) in [6, 6.07) is 1.49.